The number of benzene rings is 1. The van der Waals surface area contributed by atoms with Gasteiger partial charge < -0.3 is 9.47 Å². The van der Waals surface area contributed by atoms with Crippen molar-refractivity contribution >= 4 is 5.97 Å². The lowest BCUT2D eigenvalue weighted by Crippen LogP contribution is -2.13. The van der Waals surface area contributed by atoms with Crippen LogP contribution in [0.15, 0.2) is 12.1 Å². The summed E-state index contributed by atoms with van der Waals surface area (Å²) in [5.74, 6) is -0.619. The highest BCUT2D eigenvalue weighted by Crippen LogP contribution is 2.35. The standard InChI is InChI=1S/C13H12F3NO3/c1-3-20-12(18)6-8-4-10(13(14,15)16)9(7-17)5-11(8)19-2/h4-5H,3,6H2,1-2H3. The molecule has 0 N–H and O–H groups in total. The molecular formula is C13H12F3NO3. The Hall–Kier alpha value is -2.23. The van der Waals surface area contributed by atoms with Crippen LogP contribution in [0.1, 0.15) is 23.6 Å². The smallest absolute Gasteiger partial charge is 0.417 e. The second-order valence-corrected chi connectivity index (χ2v) is 3.80. The molecule has 0 unspecified atom stereocenters. The van der Waals surface area contributed by atoms with Gasteiger partial charge in [0.25, 0.3) is 0 Å². The number of halogens is 3. The third-order valence-corrected chi connectivity index (χ3v) is 2.49. The third kappa shape index (κ3) is 3.63. The van der Waals surface area contributed by atoms with E-state index in [9.17, 15) is 18.0 Å². The number of rotatable bonds is 4. The van der Waals surface area contributed by atoms with E-state index in [1.54, 1.807) is 6.92 Å². The number of carbonyl (C=O) groups excluding carboxylic acids is 1. The topological polar surface area (TPSA) is 59.3 Å². The average molecular weight is 287 g/mol. The zero-order valence-corrected chi connectivity index (χ0v) is 10.9. The first-order chi connectivity index (χ1) is 9.33. The molecule has 0 atom stereocenters. The maximum absolute atomic E-state index is 12.8. The number of alkyl halides is 3. The summed E-state index contributed by atoms with van der Waals surface area (Å²) in [5, 5.41) is 8.76. The van der Waals surface area contributed by atoms with Crippen LogP contribution in [-0.4, -0.2) is 19.7 Å². The fraction of sp³-hybridized carbons (Fsp3) is 0.385. The van der Waals surface area contributed by atoms with Crippen molar-refractivity contribution in [3.05, 3.63) is 28.8 Å². The van der Waals surface area contributed by atoms with Crippen molar-refractivity contribution in [1.82, 2.24) is 0 Å². The monoisotopic (exact) mass is 287 g/mol. The van der Waals surface area contributed by atoms with Crippen LogP contribution in [0.3, 0.4) is 0 Å². The molecule has 0 radical (unpaired) electrons. The minimum Gasteiger partial charge on any atom is -0.496 e. The highest BCUT2D eigenvalue weighted by molar-refractivity contribution is 5.74. The Morgan fingerprint density at radius 3 is 2.50 bits per heavy atom. The van der Waals surface area contributed by atoms with Gasteiger partial charge in [0.1, 0.15) is 5.75 Å². The maximum atomic E-state index is 12.8. The Balaban J connectivity index is 3.30. The Morgan fingerprint density at radius 1 is 1.40 bits per heavy atom. The van der Waals surface area contributed by atoms with E-state index in [-0.39, 0.29) is 24.3 Å². The van der Waals surface area contributed by atoms with Crippen molar-refractivity contribution in [2.75, 3.05) is 13.7 Å². The molecule has 0 amide bonds. The molecule has 0 spiro atoms. The van der Waals surface area contributed by atoms with E-state index in [1.165, 1.54) is 13.2 Å². The van der Waals surface area contributed by atoms with Crippen molar-refractivity contribution in [3.63, 3.8) is 0 Å². The van der Waals surface area contributed by atoms with Crippen molar-refractivity contribution in [3.8, 4) is 11.8 Å². The van der Waals surface area contributed by atoms with Gasteiger partial charge in [-0.3, -0.25) is 4.79 Å². The van der Waals surface area contributed by atoms with E-state index in [0.29, 0.717) is 0 Å². The molecule has 0 fully saturated rings. The summed E-state index contributed by atoms with van der Waals surface area (Å²) in [5.41, 5.74) is -1.63. The van der Waals surface area contributed by atoms with Crippen molar-refractivity contribution in [1.29, 1.82) is 5.26 Å². The van der Waals surface area contributed by atoms with E-state index < -0.39 is 23.3 Å². The number of nitrogens with zero attached hydrogens (tertiary/aromatic N) is 1. The van der Waals surface area contributed by atoms with Gasteiger partial charge in [-0.1, -0.05) is 0 Å². The molecule has 4 nitrogen and oxygen atoms in total. The summed E-state index contributed by atoms with van der Waals surface area (Å²) >= 11 is 0. The summed E-state index contributed by atoms with van der Waals surface area (Å²) in [6, 6.07) is 3.18. The minimum absolute atomic E-state index is 0.0253. The summed E-state index contributed by atoms with van der Waals surface area (Å²) < 4.78 is 48.1. The zero-order chi connectivity index (χ0) is 15.3. The van der Waals surface area contributed by atoms with E-state index in [4.69, 9.17) is 10.00 Å². The Bertz CT molecular complexity index is 547. The van der Waals surface area contributed by atoms with Gasteiger partial charge >= 0.3 is 12.1 Å². The number of hydrogen-bond acceptors (Lipinski definition) is 4. The quantitative estimate of drug-likeness (QED) is 0.799. The van der Waals surface area contributed by atoms with Gasteiger partial charge in [0, 0.05) is 5.56 Å². The second kappa shape index (κ2) is 6.28. The van der Waals surface area contributed by atoms with Crippen LogP contribution in [0.5, 0.6) is 5.75 Å². The maximum Gasteiger partial charge on any atom is 0.417 e. The van der Waals surface area contributed by atoms with Gasteiger partial charge in [-0.15, -0.1) is 0 Å². The molecular weight excluding hydrogens is 275 g/mol. The van der Waals surface area contributed by atoms with E-state index in [0.717, 1.165) is 12.1 Å². The molecule has 0 aliphatic carbocycles. The number of hydrogen-bond donors (Lipinski definition) is 0. The lowest BCUT2D eigenvalue weighted by atomic mass is 10.0. The molecule has 1 rings (SSSR count). The van der Waals surface area contributed by atoms with Crippen LogP contribution in [0.2, 0.25) is 0 Å². The predicted molar refractivity (Wildman–Crippen MR) is 63.0 cm³/mol. The van der Waals surface area contributed by atoms with Crippen molar-refractivity contribution in [2.45, 2.75) is 19.5 Å². The SMILES string of the molecule is CCOC(=O)Cc1cc(C(F)(F)F)c(C#N)cc1OC. The fourth-order valence-electron chi connectivity index (χ4n) is 1.65. The molecule has 108 valence electrons. The van der Waals surface area contributed by atoms with E-state index in [1.807, 2.05) is 0 Å². The zero-order valence-electron chi connectivity index (χ0n) is 10.9. The Kier molecular flexibility index (Phi) is 4.97. The van der Waals surface area contributed by atoms with Crippen molar-refractivity contribution in [2.24, 2.45) is 0 Å². The summed E-state index contributed by atoms with van der Waals surface area (Å²) in [4.78, 5) is 11.4. The molecule has 0 aliphatic rings. The van der Waals surface area contributed by atoms with Gasteiger partial charge in [-0.25, -0.2) is 0 Å². The molecule has 0 aromatic heterocycles. The summed E-state index contributed by atoms with van der Waals surface area (Å²) in [6.07, 6.45) is -5.04. The highest BCUT2D eigenvalue weighted by Gasteiger charge is 2.35. The van der Waals surface area contributed by atoms with Crippen LogP contribution in [0.25, 0.3) is 0 Å². The van der Waals surface area contributed by atoms with Gasteiger partial charge in [-0.2, -0.15) is 18.4 Å². The van der Waals surface area contributed by atoms with Gasteiger partial charge in [0.15, 0.2) is 0 Å². The van der Waals surface area contributed by atoms with Gasteiger partial charge in [-0.05, 0) is 19.1 Å². The van der Waals surface area contributed by atoms with Gasteiger partial charge in [0.05, 0.1) is 37.3 Å². The summed E-state index contributed by atoms with van der Waals surface area (Å²) in [7, 11) is 1.25. The van der Waals surface area contributed by atoms with E-state index in [2.05, 4.69) is 4.74 Å². The molecule has 1 aromatic rings. The number of esters is 1. The molecule has 0 aliphatic heterocycles. The molecule has 20 heavy (non-hydrogen) atoms. The predicted octanol–water partition coefficient (Wildman–Crippen LogP) is 2.69. The first-order valence-corrected chi connectivity index (χ1v) is 5.67. The molecule has 0 saturated carbocycles. The lowest BCUT2D eigenvalue weighted by molar-refractivity contribution is -0.142. The normalized spacial score (nSPS) is 10.8. The second-order valence-electron chi connectivity index (χ2n) is 3.80. The minimum atomic E-state index is -4.68. The van der Waals surface area contributed by atoms with Crippen molar-refractivity contribution < 1.29 is 27.4 Å². The summed E-state index contributed by atoms with van der Waals surface area (Å²) in [6.45, 7) is 1.72. The Labute approximate surface area is 113 Å². The van der Waals surface area contributed by atoms with Crippen LogP contribution >= 0.6 is 0 Å². The average Bonchev–Trinajstić information content (AvgIpc) is 2.37. The molecule has 0 bridgehead atoms. The van der Waals surface area contributed by atoms with Gasteiger partial charge in [0.2, 0.25) is 0 Å². The third-order valence-electron chi connectivity index (χ3n) is 2.49. The fourth-order valence-corrected chi connectivity index (χ4v) is 1.65. The molecule has 0 heterocycles. The Morgan fingerprint density at radius 2 is 2.05 bits per heavy atom. The van der Waals surface area contributed by atoms with Crippen LogP contribution in [0, 0.1) is 11.3 Å². The molecule has 1 aromatic carbocycles. The van der Waals surface area contributed by atoms with E-state index >= 15 is 0 Å². The number of methoxy groups -OCH3 is 1. The molecule has 0 saturated heterocycles. The first kappa shape index (κ1) is 15.8. The largest absolute Gasteiger partial charge is 0.496 e. The van der Waals surface area contributed by atoms with Crippen LogP contribution in [-0.2, 0) is 22.1 Å². The first-order valence-electron chi connectivity index (χ1n) is 5.67. The highest BCUT2D eigenvalue weighted by atomic mass is 19.4. The van der Waals surface area contributed by atoms with Crippen LogP contribution in [0.4, 0.5) is 13.2 Å². The number of carbonyl (C=O) groups is 1. The number of ether oxygens (including phenoxy) is 2. The number of nitriles is 1. The van der Waals surface area contributed by atoms with Crippen LogP contribution < -0.4 is 4.74 Å². The molecule has 7 heteroatoms. The lowest BCUT2D eigenvalue weighted by Gasteiger charge is -2.14.